The van der Waals surface area contributed by atoms with Gasteiger partial charge in [-0.05, 0) is 30.7 Å². The zero-order valence-electron chi connectivity index (χ0n) is 8.94. The molecule has 0 bridgehead atoms. The normalized spacial score (nSPS) is 15.8. The van der Waals surface area contributed by atoms with Gasteiger partial charge in [0, 0.05) is 17.3 Å². The molecule has 0 aliphatic heterocycles. The van der Waals surface area contributed by atoms with E-state index in [1.165, 1.54) is 19.1 Å². The molecule has 0 radical (unpaired) electrons. The molecule has 0 saturated heterocycles. The van der Waals surface area contributed by atoms with Gasteiger partial charge in [-0.1, -0.05) is 11.6 Å². The Bertz CT molecular complexity index is 490. The second kappa shape index (κ2) is 4.69. The minimum Gasteiger partial charge on any atom is -0.323 e. The number of hydrogen-bond acceptors (Lipinski definition) is 3. The molecule has 2 unspecified atom stereocenters. The topological polar surface area (TPSA) is 60.2 Å². The zero-order chi connectivity index (χ0) is 12.5. The Balaban J connectivity index is 3.14. The molecule has 0 aliphatic rings. The van der Waals surface area contributed by atoms with Crippen LogP contribution in [0.15, 0.2) is 18.2 Å². The summed E-state index contributed by atoms with van der Waals surface area (Å²) in [4.78, 5) is 0. The predicted octanol–water partition coefficient (Wildman–Crippen LogP) is 1.91. The predicted molar refractivity (Wildman–Crippen MR) is 62.6 cm³/mol. The van der Waals surface area contributed by atoms with Crippen LogP contribution in [0.3, 0.4) is 0 Å². The number of sulfone groups is 1. The fraction of sp³-hybridized carbons (Fsp3) is 0.400. The molecule has 2 atom stereocenters. The SMILES string of the molecule is CC(C(N)c1cc(F)ccc1Cl)S(C)(=O)=O. The maximum atomic E-state index is 13.0. The molecule has 0 saturated carbocycles. The summed E-state index contributed by atoms with van der Waals surface area (Å²) in [5, 5.41) is -0.545. The van der Waals surface area contributed by atoms with Crippen LogP contribution in [0.5, 0.6) is 0 Å². The number of nitrogens with two attached hydrogens (primary N) is 1. The average Bonchev–Trinajstić information content (AvgIpc) is 2.18. The van der Waals surface area contributed by atoms with Crippen LogP contribution in [0.25, 0.3) is 0 Å². The average molecular weight is 266 g/mol. The third-order valence-corrected chi connectivity index (χ3v) is 4.49. The molecule has 2 N–H and O–H groups in total. The van der Waals surface area contributed by atoms with Crippen LogP contribution in [0.1, 0.15) is 18.5 Å². The van der Waals surface area contributed by atoms with Crippen molar-refractivity contribution in [3.05, 3.63) is 34.6 Å². The van der Waals surface area contributed by atoms with E-state index < -0.39 is 26.9 Å². The Kier molecular flexibility index (Phi) is 3.93. The van der Waals surface area contributed by atoms with Crippen LogP contribution >= 0.6 is 11.6 Å². The van der Waals surface area contributed by atoms with Gasteiger partial charge in [0.1, 0.15) is 5.82 Å². The van der Waals surface area contributed by atoms with Gasteiger partial charge in [-0.25, -0.2) is 12.8 Å². The summed E-state index contributed by atoms with van der Waals surface area (Å²) >= 11 is 5.84. The minimum absolute atomic E-state index is 0.268. The molecule has 1 rings (SSSR count). The van der Waals surface area contributed by atoms with E-state index in [1.54, 1.807) is 0 Å². The molecular formula is C10H13ClFNO2S. The van der Waals surface area contributed by atoms with Crippen molar-refractivity contribution in [2.45, 2.75) is 18.2 Å². The van der Waals surface area contributed by atoms with Gasteiger partial charge in [0.15, 0.2) is 9.84 Å². The lowest BCUT2D eigenvalue weighted by atomic mass is 10.1. The lowest BCUT2D eigenvalue weighted by Gasteiger charge is -2.19. The Morgan fingerprint density at radius 1 is 1.44 bits per heavy atom. The smallest absolute Gasteiger partial charge is 0.151 e. The minimum atomic E-state index is -3.29. The Labute approximate surface area is 99.3 Å². The van der Waals surface area contributed by atoms with E-state index in [2.05, 4.69) is 0 Å². The fourth-order valence-corrected chi connectivity index (χ4v) is 2.21. The molecule has 0 amide bonds. The molecular weight excluding hydrogens is 253 g/mol. The monoisotopic (exact) mass is 265 g/mol. The van der Waals surface area contributed by atoms with Gasteiger partial charge in [0.05, 0.1) is 5.25 Å². The van der Waals surface area contributed by atoms with E-state index in [9.17, 15) is 12.8 Å². The molecule has 1 aromatic carbocycles. The van der Waals surface area contributed by atoms with Gasteiger partial charge in [-0.3, -0.25) is 0 Å². The second-order valence-corrected chi connectivity index (χ2v) is 6.54. The molecule has 0 aromatic heterocycles. The first-order valence-corrected chi connectivity index (χ1v) is 6.96. The third kappa shape index (κ3) is 2.93. The first-order valence-electron chi connectivity index (χ1n) is 4.63. The van der Waals surface area contributed by atoms with Gasteiger partial charge in [-0.15, -0.1) is 0 Å². The summed E-state index contributed by atoms with van der Waals surface area (Å²) in [6, 6.07) is 2.89. The fourth-order valence-electron chi connectivity index (χ4n) is 1.29. The van der Waals surface area contributed by atoms with E-state index >= 15 is 0 Å². The maximum absolute atomic E-state index is 13.0. The second-order valence-electron chi connectivity index (χ2n) is 3.73. The van der Waals surface area contributed by atoms with Crippen molar-refractivity contribution in [2.24, 2.45) is 5.73 Å². The highest BCUT2D eigenvalue weighted by atomic mass is 35.5. The van der Waals surface area contributed by atoms with E-state index in [1.807, 2.05) is 0 Å². The van der Waals surface area contributed by atoms with Crippen molar-refractivity contribution < 1.29 is 12.8 Å². The molecule has 90 valence electrons. The third-order valence-electron chi connectivity index (χ3n) is 2.50. The van der Waals surface area contributed by atoms with E-state index in [0.717, 1.165) is 12.3 Å². The van der Waals surface area contributed by atoms with Crippen LogP contribution in [-0.4, -0.2) is 19.9 Å². The van der Waals surface area contributed by atoms with Crippen LogP contribution in [0, 0.1) is 5.82 Å². The summed E-state index contributed by atoms with van der Waals surface area (Å²) in [5.41, 5.74) is 6.07. The Morgan fingerprint density at radius 3 is 2.50 bits per heavy atom. The molecule has 0 aliphatic carbocycles. The van der Waals surface area contributed by atoms with Crippen molar-refractivity contribution in [3.8, 4) is 0 Å². The number of benzene rings is 1. The molecule has 16 heavy (non-hydrogen) atoms. The van der Waals surface area contributed by atoms with Crippen LogP contribution < -0.4 is 5.73 Å². The van der Waals surface area contributed by atoms with Crippen molar-refractivity contribution >= 4 is 21.4 Å². The van der Waals surface area contributed by atoms with Crippen molar-refractivity contribution in [2.75, 3.05) is 6.26 Å². The zero-order valence-corrected chi connectivity index (χ0v) is 10.5. The van der Waals surface area contributed by atoms with E-state index in [4.69, 9.17) is 17.3 Å². The van der Waals surface area contributed by atoms with Gasteiger partial charge in [0.25, 0.3) is 0 Å². The quantitative estimate of drug-likeness (QED) is 0.908. The van der Waals surface area contributed by atoms with Crippen molar-refractivity contribution in [1.29, 1.82) is 0 Å². The van der Waals surface area contributed by atoms with Gasteiger partial charge in [0.2, 0.25) is 0 Å². The van der Waals surface area contributed by atoms with Gasteiger partial charge >= 0.3 is 0 Å². The van der Waals surface area contributed by atoms with Gasteiger partial charge in [-0.2, -0.15) is 0 Å². The van der Waals surface area contributed by atoms with E-state index in [-0.39, 0.29) is 5.02 Å². The summed E-state index contributed by atoms with van der Waals surface area (Å²) in [5.74, 6) is -0.490. The lowest BCUT2D eigenvalue weighted by molar-refractivity contribution is 0.568. The maximum Gasteiger partial charge on any atom is 0.151 e. The molecule has 0 spiro atoms. The molecule has 0 fully saturated rings. The first kappa shape index (κ1) is 13.4. The highest BCUT2D eigenvalue weighted by molar-refractivity contribution is 7.91. The van der Waals surface area contributed by atoms with Crippen molar-refractivity contribution in [1.82, 2.24) is 0 Å². The lowest BCUT2D eigenvalue weighted by Crippen LogP contribution is -2.30. The highest BCUT2D eigenvalue weighted by Gasteiger charge is 2.25. The number of rotatable bonds is 3. The molecule has 3 nitrogen and oxygen atoms in total. The Hall–Kier alpha value is -0.650. The standard InChI is InChI=1S/C10H13ClFNO2S/c1-6(16(2,14)15)10(13)8-5-7(12)3-4-9(8)11/h3-6,10H,13H2,1-2H3. The van der Waals surface area contributed by atoms with Crippen LogP contribution in [0.2, 0.25) is 5.02 Å². The molecule has 1 aromatic rings. The Morgan fingerprint density at radius 2 is 2.00 bits per heavy atom. The van der Waals surface area contributed by atoms with Crippen LogP contribution in [-0.2, 0) is 9.84 Å². The first-order chi connectivity index (χ1) is 7.23. The summed E-state index contributed by atoms with van der Waals surface area (Å²) in [7, 11) is -3.29. The summed E-state index contributed by atoms with van der Waals surface area (Å²) in [6.45, 7) is 1.47. The number of hydrogen-bond donors (Lipinski definition) is 1. The molecule has 6 heteroatoms. The van der Waals surface area contributed by atoms with Crippen LogP contribution in [0.4, 0.5) is 4.39 Å². The van der Waals surface area contributed by atoms with E-state index in [0.29, 0.717) is 5.56 Å². The largest absolute Gasteiger partial charge is 0.323 e. The summed E-state index contributed by atoms with van der Waals surface area (Å²) in [6.07, 6.45) is 1.09. The molecule has 0 heterocycles. The number of halogens is 2. The highest BCUT2D eigenvalue weighted by Crippen LogP contribution is 2.26. The van der Waals surface area contributed by atoms with Crippen molar-refractivity contribution in [3.63, 3.8) is 0 Å². The summed E-state index contributed by atoms with van der Waals surface area (Å²) < 4.78 is 35.7. The van der Waals surface area contributed by atoms with Gasteiger partial charge < -0.3 is 5.73 Å².